The first kappa shape index (κ1) is 20.8. The summed E-state index contributed by atoms with van der Waals surface area (Å²) in [5.74, 6) is 2.41. The Morgan fingerprint density at radius 1 is 1.03 bits per heavy atom. The number of aliphatic hydroxyl groups excluding tert-OH is 1. The number of anilines is 1. The van der Waals surface area contributed by atoms with Crippen LogP contribution in [0.3, 0.4) is 0 Å². The molecule has 0 amide bonds. The molecule has 0 saturated carbocycles. The highest BCUT2D eigenvalue weighted by Gasteiger charge is 2.23. The molecule has 30 heavy (non-hydrogen) atoms. The highest BCUT2D eigenvalue weighted by molar-refractivity contribution is 5.58. The van der Waals surface area contributed by atoms with Crippen LogP contribution in [0, 0.1) is 0 Å². The molecule has 1 saturated heterocycles. The Labute approximate surface area is 177 Å². The molecule has 1 fully saturated rings. The lowest BCUT2D eigenvalue weighted by molar-refractivity contribution is -0.0292. The second-order valence-electron chi connectivity index (χ2n) is 7.65. The van der Waals surface area contributed by atoms with E-state index in [9.17, 15) is 5.11 Å². The lowest BCUT2D eigenvalue weighted by Crippen LogP contribution is -2.49. The molecule has 7 heteroatoms. The van der Waals surface area contributed by atoms with Gasteiger partial charge in [-0.2, -0.15) is 0 Å². The largest absolute Gasteiger partial charge is 0.495 e. The molecule has 2 aromatic rings. The van der Waals surface area contributed by atoms with Crippen molar-refractivity contribution in [3.63, 3.8) is 0 Å². The number of benzene rings is 2. The van der Waals surface area contributed by atoms with Crippen LogP contribution in [-0.2, 0) is 4.74 Å². The number of hydrogen-bond donors (Lipinski definition) is 1. The van der Waals surface area contributed by atoms with Crippen LogP contribution >= 0.6 is 0 Å². The Hall–Kier alpha value is -2.48. The van der Waals surface area contributed by atoms with Crippen LogP contribution in [-0.4, -0.2) is 81.9 Å². The third-order valence-electron chi connectivity index (χ3n) is 5.45. The maximum Gasteiger partial charge on any atom is 0.161 e. The highest BCUT2D eigenvalue weighted by Crippen LogP contribution is 2.31. The number of aliphatic hydroxyl groups is 1. The molecule has 2 aromatic carbocycles. The third kappa shape index (κ3) is 5.16. The zero-order valence-corrected chi connectivity index (χ0v) is 17.4. The van der Waals surface area contributed by atoms with Crippen molar-refractivity contribution in [2.24, 2.45) is 0 Å². The molecule has 7 nitrogen and oxygen atoms in total. The van der Waals surface area contributed by atoms with E-state index in [0.717, 1.165) is 49.1 Å². The van der Waals surface area contributed by atoms with Gasteiger partial charge < -0.3 is 29.0 Å². The Morgan fingerprint density at radius 2 is 1.77 bits per heavy atom. The normalized spacial score (nSPS) is 20.1. The summed E-state index contributed by atoms with van der Waals surface area (Å²) in [5.41, 5.74) is 1.12. The molecule has 2 aliphatic heterocycles. The molecule has 2 heterocycles. The molecular weight excluding hydrogens is 384 g/mol. The van der Waals surface area contributed by atoms with Crippen molar-refractivity contribution in [3.05, 3.63) is 48.5 Å². The van der Waals surface area contributed by atoms with Gasteiger partial charge in [-0.25, -0.2) is 0 Å². The first-order valence-electron chi connectivity index (χ1n) is 10.5. The van der Waals surface area contributed by atoms with Crippen molar-refractivity contribution in [3.8, 4) is 17.2 Å². The van der Waals surface area contributed by atoms with Gasteiger partial charge in [0.1, 0.15) is 12.4 Å². The van der Waals surface area contributed by atoms with E-state index in [0.29, 0.717) is 19.8 Å². The van der Waals surface area contributed by atoms with Gasteiger partial charge in [0.15, 0.2) is 17.6 Å². The van der Waals surface area contributed by atoms with Gasteiger partial charge in [0.05, 0.1) is 32.1 Å². The van der Waals surface area contributed by atoms with Gasteiger partial charge in [0.2, 0.25) is 0 Å². The number of ether oxygens (including phenoxy) is 4. The standard InChI is InChI=1S/C23H30N2O5/c1-27-21-7-3-2-6-20(21)25-12-10-24(11-13-25)14-18(26)15-28-16-19-17-29-22-8-4-5-9-23(22)30-19/h2-9,18-19,26H,10-17H2,1H3/t18-,19+/m0/s1. The topological polar surface area (TPSA) is 63.6 Å². The molecule has 2 atom stereocenters. The highest BCUT2D eigenvalue weighted by atomic mass is 16.6. The van der Waals surface area contributed by atoms with Crippen molar-refractivity contribution >= 4 is 5.69 Å². The van der Waals surface area contributed by atoms with Crippen LogP contribution in [0.25, 0.3) is 0 Å². The number of piperazine rings is 1. The van der Waals surface area contributed by atoms with Crippen LogP contribution < -0.4 is 19.1 Å². The average Bonchev–Trinajstić information content (AvgIpc) is 2.79. The van der Waals surface area contributed by atoms with Gasteiger partial charge in [-0.1, -0.05) is 24.3 Å². The van der Waals surface area contributed by atoms with Gasteiger partial charge in [-0.05, 0) is 24.3 Å². The fraction of sp³-hybridized carbons (Fsp3) is 0.478. The predicted octanol–water partition coefficient (Wildman–Crippen LogP) is 2.03. The lowest BCUT2D eigenvalue weighted by Gasteiger charge is -2.37. The number of methoxy groups -OCH3 is 1. The maximum atomic E-state index is 10.4. The number of nitrogens with zero attached hydrogens (tertiary/aromatic N) is 2. The summed E-state index contributed by atoms with van der Waals surface area (Å²) in [6.07, 6.45) is -0.684. The minimum atomic E-state index is -0.528. The van der Waals surface area contributed by atoms with Crippen LogP contribution in [0.15, 0.2) is 48.5 Å². The van der Waals surface area contributed by atoms with E-state index >= 15 is 0 Å². The summed E-state index contributed by atoms with van der Waals surface area (Å²) in [6.45, 7) is 5.34. The van der Waals surface area contributed by atoms with E-state index < -0.39 is 6.10 Å². The lowest BCUT2D eigenvalue weighted by atomic mass is 10.2. The van der Waals surface area contributed by atoms with E-state index in [2.05, 4.69) is 15.9 Å². The molecule has 0 unspecified atom stereocenters. The quantitative estimate of drug-likeness (QED) is 0.709. The number of fused-ring (bicyclic) bond motifs is 1. The summed E-state index contributed by atoms with van der Waals surface area (Å²) >= 11 is 0. The van der Waals surface area contributed by atoms with E-state index in [-0.39, 0.29) is 12.7 Å². The second kappa shape index (κ2) is 10.0. The molecule has 162 valence electrons. The maximum absolute atomic E-state index is 10.4. The summed E-state index contributed by atoms with van der Waals surface area (Å²) in [5, 5.41) is 10.4. The van der Waals surface area contributed by atoms with Crippen LogP contribution in [0.2, 0.25) is 0 Å². The van der Waals surface area contributed by atoms with Gasteiger partial charge in [0, 0.05) is 32.7 Å². The van der Waals surface area contributed by atoms with Crippen molar-refractivity contribution in [1.29, 1.82) is 0 Å². The van der Waals surface area contributed by atoms with Crippen LogP contribution in [0.5, 0.6) is 17.2 Å². The summed E-state index contributed by atoms with van der Waals surface area (Å²) in [4.78, 5) is 4.60. The molecule has 4 rings (SSSR count). The van der Waals surface area contributed by atoms with Gasteiger partial charge in [-0.3, -0.25) is 4.90 Å². The molecule has 0 bridgehead atoms. The number of para-hydroxylation sites is 4. The predicted molar refractivity (Wildman–Crippen MR) is 115 cm³/mol. The Morgan fingerprint density at radius 3 is 2.57 bits per heavy atom. The fourth-order valence-electron chi connectivity index (χ4n) is 3.89. The summed E-state index contributed by atoms with van der Waals surface area (Å²) in [7, 11) is 1.70. The van der Waals surface area contributed by atoms with E-state index in [4.69, 9.17) is 18.9 Å². The first-order valence-corrected chi connectivity index (χ1v) is 10.5. The van der Waals surface area contributed by atoms with Crippen LogP contribution in [0.4, 0.5) is 5.69 Å². The molecule has 0 aromatic heterocycles. The minimum absolute atomic E-state index is 0.156. The molecule has 0 spiro atoms. The molecule has 0 aliphatic carbocycles. The Balaban J connectivity index is 1.16. The van der Waals surface area contributed by atoms with Crippen molar-refractivity contribution in [2.75, 3.05) is 64.6 Å². The Kier molecular flexibility index (Phi) is 6.94. The minimum Gasteiger partial charge on any atom is -0.495 e. The van der Waals surface area contributed by atoms with Gasteiger partial charge in [0.25, 0.3) is 0 Å². The zero-order valence-electron chi connectivity index (χ0n) is 17.4. The Bertz CT molecular complexity index is 810. The SMILES string of the molecule is COc1ccccc1N1CCN(C[C@H](O)COC[C@@H]2COc3ccccc3O2)CC1. The first-order chi connectivity index (χ1) is 14.7. The van der Waals surface area contributed by atoms with Crippen molar-refractivity contribution in [1.82, 2.24) is 4.90 Å². The monoisotopic (exact) mass is 414 g/mol. The zero-order chi connectivity index (χ0) is 20.8. The van der Waals surface area contributed by atoms with E-state index in [1.807, 2.05) is 42.5 Å². The van der Waals surface area contributed by atoms with E-state index in [1.54, 1.807) is 7.11 Å². The molecule has 1 N–H and O–H groups in total. The fourth-order valence-corrected chi connectivity index (χ4v) is 3.89. The van der Waals surface area contributed by atoms with E-state index in [1.165, 1.54) is 0 Å². The summed E-state index contributed by atoms with van der Waals surface area (Å²) in [6, 6.07) is 15.7. The average molecular weight is 415 g/mol. The van der Waals surface area contributed by atoms with Crippen LogP contribution in [0.1, 0.15) is 0 Å². The van der Waals surface area contributed by atoms with Crippen molar-refractivity contribution in [2.45, 2.75) is 12.2 Å². The van der Waals surface area contributed by atoms with Crippen molar-refractivity contribution < 1.29 is 24.1 Å². The second-order valence-corrected chi connectivity index (χ2v) is 7.65. The molecule has 2 aliphatic rings. The number of rotatable bonds is 8. The third-order valence-corrected chi connectivity index (χ3v) is 5.45. The molecule has 0 radical (unpaired) electrons. The smallest absolute Gasteiger partial charge is 0.161 e. The van der Waals surface area contributed by atoms with Gasteiger partial charge >= 0.3 is 0 Å². The number of β-amino-alcohol motifs (C(OH)–C–C–N with tert-alkyl or cyclic N) is 1. The summed E-state index contributed by atoms with van der Waals surface area (Å²) < 4.78 is 22.7. The molecular formula is C23H30N2O5. The number of hydrogen-bond acceptors (Lipinski definition) is 7. The van der Waals surface area contributed by atoms with Gasteiger partial charge in [-0.15, -0.1) is 0 Å².